The van der Waals surface area contributed by atoms with Gasteiger partial charge >= 0.3 is 5.97 Å². The van der Waals surface area contributed by atoms with Crippen LogP contribution in [0.4, 0.5) is 15.8 Å². The van der Waals surface area contributed by atoms with Gasteiger partial charge in [0.05, 0.1) is 22.9 Å². The molecule has 1 aliphatic heterocycles. The molecular weight excluding hydrogens is 469 g/mol. The third-order valence-corrected chi connectivity index (χ3v) is 6.06. The quantitative estimate of drug-likeness (QED) is 0.379. The van der Waals surface area contributed by atoms with E-state index in [2.05, 4.69) is 20.8 Å². The van der Waals surface area contributed by atoms with Crippen LogP contribution in [0.25, 0.3) is 0 Å². The molecule has 0 spiro atoms. The van der Waals surface area contributed by atoms with Crippen LogP contribution in [0.2, 0.25) is 5.02 Å². The van der Waals surface area contributed by atoms with Crippen molar-refractivity contribution in [2.45, 2.75) is 39.2 Å². The molecule has 1 unspecified atom stereocenters. The van der Waals surface area contributed by atoms with E-state index in [-0.39, 0.29) is 28.2 Å². The molecule has 5 nitrogen and oxygen atoms in total. The minimum absolute atomic E-state index is 0.000312. The molecular formula is C28H27ClFNO4. The van der Waals surface area contributed by atoms with Crippen molar-refractivity contribution in [3.63, 3.8) is 0 Å². The number of aliphatic hydroxyl groups excluding tert-OH is 1. The van der Waals surface area contributed by atoms with Crippen molar-refractivity contribution < 1.29 is 23.8 Å². The van der Waals surface area contributed by atoms with Gasteiger partial charge in [-0.05, 0) is 66.4 Å². The standard InChI is InChI=1S/C28H27ClFNO4/c1-5-34-27(33)22-16-31(25-15-23(29)24(30)14-21(25)26(22)32)18-8-12-20(13-9-18)35-19-10-6-17(7-11-19)28(2,3)4/h6-16,26,32H,5H2,1-4H3. The molecule has 1 heterocycles. The molecule has 1 atom stereocenters. The van der Waals surface area contributed by atoms with Crippen molar-refractivity contribution in [2.24, 2.45) is 0 Å². The highest BCUT2D eigenvalue weighted by Crippen LogP contribution is 2.43. The summed E-state index contributed by atoms with van der Waals surface area (Å²) in [6.07, 6.45) is 0.145. The number of rotatable bonds is 5. The normalized spacial score (nSPS) is 15.3. The van der Waals surface area contributed by atoms with E-state index in [9.17, 15) is 14.3 Å². The second kappa shape index (κ2) is 9.72. The zero-order chi connectivity index (χ0) is 25.3. The maximum Gasteiger partial charge on any atom is 0.338 e. The van der Waals surface area contributed by atoms with Crippen LogP contribution >= 0.6 is 11.6 Å². The smallest absolute Gasteiger partial charge is 0.338 e. The Hall–Kier alpha value is -3.35. The van der Waals surface area contributed by atoms with Crippen molar-refractivity contribution >= 4 is 28.9 Å². The van der Waals surface area contributed by atoms with Crippen LogP contribution in [-0.4, -0.2) is 17.7 Å². The highest BCUT2D eigenvalue weighted by atomic mass is 35.5. The molecule has 0 aliphatic carbocycles. The number of carbonyl (C=O) groups excluding carboxylic acids is 1. The second-order valence-electron chi connectivity index (χ2n) is 9.27. The fourth-order valence-corrected chi connectivity index (χ4v) is 4.01. The van der Waals surface area contributed by atoms with Crippen LogP contribution < -0.4 is 9.64 Å². The summed E-state index contributed by atoms with van der Waals surface area (Å²) in [5.41, 5.74) is 2.61. The molecule has 3 aromatic rings. The van der Waals surface area contributed by atoms with Gasteiger partial charge in [0.15, 0.2) is 0 Å². The van der Waals surface area contributed by atoms with Gasteiger partial charge in [-0.25, -0.2) is 9.18 Å². The SMILES string of the molecule is CCOC(=O)C1=CN(c2ccc(Oc3ccc(C(C)(C)C)cc3)cc2)c2cc(Cl)c(F)cc2C1O. The molecule has 4 rings (SSSR count). The van der Waals surface area contributed by atoms with Crippen LogP contribution in [0.3, 0.4) is 0 Å². The molecule has 0 saturated heterocycles. The molecule has 0 aromatic heterocycles. The van der Waals surface area contributed by atoms with Crippen molar-refractivity contribution in [2.75, 3.05) is 11.5 Å². The number of nitrogens with zero attached hydrogens (tertiary/aromatic N) is 1. The average Bonchev–Trinajstić information content (AvgIpc) is 2.81. The maximum absolute atomic E-state index is 14.2. The number of esters is 1. The third kappa shape index (κ3) is 5.19. The largest absolute Gasteiger partial charge is 0.463 e. The number of benzene rings is 3. The number of hydrogen-bond acceptors (Lipinski definition) is 5. The van der Waals surface area contributed by atoms with Gasteiger partial charge in [-0.1, -0.05) is 44.5 Å². The highest BCUT2D eigenvalue weighted by Gasteiger charge is 2.32. The zero-order valence-corrected chi connectivity index (χ0v) is 20.8. The molecule has 7 heteroatoms. The molecule has 0 saturated carbocycles. The van der Waals surface area contributed by atoms with Crippen molar-refractivity contribution in [3.8, 4) is 11.5 Å². The first-order valence-corrected chi connectivity index (χ1v) is 11.7. The number of carbonyl (C=O) groups is 1. The van der Waals surface area contributed by atoms with Gasteiger partial charge in [0, 0.05) is 17.5 Å². The topological polar surface area (TPSA) is 59.0 Å². The molecule has 1 aliphatic rings. The first-order chi connectivity index (χ1) is 16.6. The average molecular weight is 496 g/mol. The van der Waals surface area contributed by atoms with Crippen LogP contribution in [0.15, 0.2) is 72.4 Å². The molecule has 1 N–H and O–H groups in total. The lowest BCUT2D eigenvalue weighted by Crippen LogP contribution is -2.25. The van der Waals surface area contributed by atoms with Gasteiger partial charge in [0.2, 0.25) is 0 Å². The van der Waals surface area contributed by atoms with Gasteiger partial charge in [-0.2, -0.15) is 0 Å². The lowest BCUT2D eigenvalue weighted by molar-refractivity contribution is -0.139. The van der Waals surface area contributed by atoms with Gasteiger partial charge in [0.1, 0.15) is 23.4 Å². The lowest BCUT2D eigenvalue weighted by atomic mass is 9.87. The minimum Gasteiger partial charge on any atom is -0.463 e. The van der Waals surface area contributed by atoms with E-state index in [4.69, 9.17) is 21.1 Å². The fourth-order valence-electron chi connectivity index (χ4n) is 3.85. The van der Waals surface area contributed by atoms with Gasteiger partial charge < -0.3 is 19.5 Å². The summed E-state index contributed by atoms with van der Waals surface area (Å²) in [6, 6.07) is 17.7. The number of ether oxygens (including phenoxy) is 2. The van der Waals surface area contributed by atoms with E-state index in [0.717, 1.165) is 6.07 Å². The van der Waals surface area contributed by atoms with E-state index in [1.165, 1.54) is 17.8 Å². The summed E-state index contributed by atoms with van der Waals surface area (Å²) in [7, 11) is 0. The molecule has 0 fully saturated rings. The van der Waals surface area contributed by atoms with Crippen molar-refractivity contribution in [1.82, 2.24) is 0 Å². The summed E-state index contributed by atoms with van der Waals surface area (Å²) in [4.78, 5) is 14.1. The van der Waals surface area contributed by atoms with E-state index in [1.54, 1.807) is 36.1 Å². The molecule has 182 valence electrons. The van der Waals surface area contributed by atoms with Gasteiger partial charge in [0.25, 0.3) is 0 Å². The number of hydrogen-bond donors (Lipinski definition) is 1. The highest BCUT2D eigenvalue weighted by molar-refractivity contribution is 6.31. The molecule has 0 bridgehead atoms. The summed E-state index contributed by atoms with van der Waals surface area (Å²) in [5.74, 6) is -0.0226. The van der Waals surface area contributed by atoms with Crippen LogP contribution in [0.5, 0.6) is 11.5 Å². The van der Waals surface area contributed by atoms with Crippen LogP contribution in [0.1, 0.15) is 44.9 Å². The first-order valence-electron chi connectivity index (χ1n) is 11.3. The monoisotopic (exact) mass is 495 g/mol. The molecule has 0 amide bonds. The predicted molar refractivity (Wildman–Crippen MR) is 135 cm³/mol. The van der Waals surface area contributed by atoms with E-state index in [0.29, 0.717) is 22.9 Å². The Balaban J connectivity index is 1.65. The fraction of sp³-hybridized carbons (Fsp3) is 0.250. The molecule has 35 heavy (non-hydrogen) atoms. The second-order valence-corrected chi connectivity index (χ2v) is 9.68. The van der Waals surface area contributed by atoms with Crippen LogP contribution in [0, 0.1) is 5.82 Å². The van der Waals surface area contributed by atoms with Crippen molar-refractivity contribution in [1.29, 1.82) is 0 Å². The molecule has 3 aromatic carbocycles. The Morgan fingerprint density at radius 2 is 1.66 bits per heavy atom. The Kier molecular flexibility index (Phi) is 6.88. The maximum atomic E-state index is 14.2. The summed E-state index contributed by atoms with van der Waals surface area (Å²) in [6.45, 7) is 8.29. The van der Waals surface area contributed by atoms with Crippen LogP contribution in [-0.2, 0) is 14.9 Å². The molecule has 0 radical (unpaired) electrons. The summed E-state index contributed by atoms with van der Waals surface area (Å²) in [5, 5.41) is 10.7. The van der Waals surface area contributed by atoms with Gasteiger partial charge in [-0.3, -0.25) is 0 Å². The van der Waals surface area contributed by atoms with Crippen molar-refractivity contribution in [3.05, 3.63) is 94.4 Å². The Morgan fingerprint density at radius 1 is 1.06 bits per heavy atom. The third-order valence-electron chi connectivity index (χ3n) is 5.77. The lowest BCUT2D eigenvalue weighted by Gasteiger charge is -2.32. The van der Waals surface area contributed by atoms with E-state index < -0.39 is 17.9 Å². The predicted octanol–water partition coefficient (Wildman–Crippen LogP) is 7.20. The Morgan fingerprint density at radius 3 is 2.23 bits per heavy atom. The zero-order valence-electron chi connectivity index (χ0n) is 20.0. The Labute approximate surface area is 209 Å². The number of fused-ring (bicyclic) bond motifs is 1. The minimum atomic E-state index is -1.34. The van der Waals surface area contributed by atoms with E-state index in [1.807, 2.05) is 24.3 Å². The number of anilines is 2. The summed E-state index contributed by atoms with van der Waals surface area (Å²) >= 11 is 6.03. The number of halogens is 2. The van der Waals surface area contributed by atoms with Gasteiger partial charge in [-0.15, -0.1) is 0 Å². The Bertz CT molecular complexity index is 1260. The summed E-state index contributed by atoms with van der Waals surface area (Å²) < 4.78 is 25.3. The first kappa shape index (κ1) is 24.8. The van der Waals surface area contributed by atoms with E-state index >= 15 is 0 Å². The number of aliphatic hydroxyl groups is 1.